The lowest BCUT2D eigenvalue weighted by atomic mass is 9.96. The monoisotopic (exact) mass is 412 g/mol. The second kappa shape index (κ2) is 6.82. The van der Waals surface area contributed by atoms with Gasteiger partial charge >= 0.3 is 6.03 Å². The van der Waals surface area contributed by atoms with Gasteiger partial charge in [-0.1, -0.05) is 6.07 Å². The van der Waals surface area contributed by atoms with E-state index in [-0.39, 0.29) is 32.0 Å². The first kappa shape index (κ1) is 18.8. The van der Waals surface area contributed by atoms with E-state index in [4.69, 9.17) is 4.74 Å². The predicted molar refractivity (Wildman–Crippen MR) is 95.4 cm³/mol. The molecule has 1 atom stereocenters. The summed E-state index contributed by atoms with van der Waals surface area (Å²) in [5.74, 6) is -1.23. The third kappa shape index (κ3) is 3.72. The molecule has 8 nitrogen and oxygen atoms in total. The molecule has 2 fully saturated rings. The molecule has 11 heteroatoms. The molecule has 3 heterocycles. The Kier molecular flexibility index (Phi) is 4.58. The Morgan fingerprint density at radius 1 is 1.32 bits per heavy atom. The number of rotatable bonds is 3. The lowest BCUT2D eigenvalue weighted by Crippen LogP contribution is -2.71. The van der Waals surface area contributed by atoms with Crippen LogP contribution in [0, 0.1) is 11.6 Å². The lowest BCUT2D eigenvalue weighted by molar-refractivity contribution is -0.117. The van der Waals surface area contributed by atoms with Gasteiger partial charge in [0.05, 0.1) is 44.4 Å². The number of aromatic nitrogens is 2. The molecule has 28 heavy (non-hydrogen) atoms. The summed E-state index contributed by atoms with van der Waals surface area (Å²) in [7, 11) is -3.51. The Bertz CT molecular complexity index is 1000. The van der Waals surface area contributed by atoms with E-state index in [1.165, 1.54) is 27.8 Å². The van der Waals surface area contributed by atoms with Crippen molar-refractivity contribution in [2.75, 3.05) is 30.8 Å². The van der Waals surface area contributed by atoms with Crippen LogP contribution in [0.1, 0.15) is 0 Å². The maximum absolute atomic E-state index is 13.2. The summed E-state index contributed by atoms with van der Waals surface area (Å²) in [5, 5.41) is 5.50. The molecule has 0 unspecified atom stereocenters. The molecule has 1 aromatic heterocycles. The van der Waals surface area contributed by atoms with E-state index in [0.29, 0.717) is 5.69 Å². The minimum atomic E-state index is -3.51. The molecule has 2 aliphatic rings. The number of nitrogens with zero attached hydrogens (tertiary/aromatic N) is 3. The van der Waals surface area contributed by atoms with Crippen molar-refractivity contribution in [3.63, 3.8) is 0 Å². The van der Waals surface area contributed by atoms with E-state index in [0.717, 1.165) is 12.4 Å². The molecular weight excluding hydrogens is 394 g/mol. The van der Waals surface area contributed by atoms with Crippen molar-refractivity contribution in [1.29, 1.82) is 0 Å². The predicted octanol–water partition coefficient (Wildman–Crippen LogP) is 1.26. The number of carbonyl (C=O) groups excluding carboxylic acids is 1. The highest BCUT2D eigenvalue weighted by molar-refractivity contribution is 7.92. The van der Waals surface area contributed by atoms with Crippen LogP contribution in [-0.2, 0) is 21.1 Å². The number of ether oxygens (including phenoxy) is 1. The lowest BCUT2D eigenvalue weighted by Gasteiger charge is -2.51. The van der Waals surface area contributed by atoms with Gasteiger partial charge in [0, 0.05) is 5.69 Å². The summed E-state index contributed by atoms with van der Waals surface area (Å²) in [4.78, 5) is 13.6. The van der Waals surface area contributed by atoms with Crippen LogP contribution in [0.2, 0.25) is 0 Å². The molecule has 0 saturated carbocycles. The molecule has 2 saturated heterocycles. The van der Waals surface area contributed by atoms with Crippen molar-refractivity contribution in [3.05, 3.63) is 48.3 Å². The minimum absolute atomic E-state index is 0.00606. The van der Waals surface area contributed by atoms with Gasteiger partial charge < -0.3 is 15.0 Å². The topological polar surface area (TPSA) is 93.5 Å². The number of benzene rings is 1. The average molecular weight is 412 g/mol. The molecule has 1 aromatic carbocycles. The van der Waals surface area contributed by atoms with Crippen LogP contribution < -0.4 is 5.32 Å². The Hall–Kier alpha value is -2.53. The van der Waals surface area contributed by atoms with Crippen molar-refractivity contribution < 1.29 is 26.7 Å². The molecule has 1 spiro atoms. The van der Waals surface area contributed by atoms with Gasteiger partial charge in [0.1, 0.15) is 16.7 Å². The largest absolute Gasteiger partial charge is 0.369 e. The first-order valence-corrected chi connectivity index (χ1v) is 10.3. The Labute approximate surface area is 160 Å². The van der Waals surface area contributed by atoms with Gasteiger partial charge in [0.15, 0.2) is 15.7 Å². The minimum Gasteiger partial charge on any atom is -0.369 e. The smallest absolute Gasteiger partial charge is 0.322 e. The number of hydrogen-bond acceptors (Lipinski definition) is 5. The second-order valence-corrected chi connectivity index (χ2v) is 9.38. The van der Waals surface area contributed by atoms with Crippen LogP contribution in [0.4, 0.5) is 19.3 Å². The standard InChI is InChI=1S/C17H18F2N4O4S/c18-12-2-1-3-14(4-12)21-16(24)22-9-17(10-22)11-28(25,26)15(8-27-17)7-23-6-13(19)5-20-23/h1-6,15H,7-11H2,(H,21,24)/t15-/m0/s1. The van der Waals surface area contributed by atoms with Crippen LogP contribution in [0.25, 0.3) is 0 Å². The van der Waals surface area contributed by atoms with Crippen LogP contribution in [0.5, 0.6) is 0 Å². The number of amides is 2. The van der Waals surface area contributed by atoms with Crippen molar-refractivity contribution in [3.8, 4) is 0 Å². The molecule has 2 aliphatic heterocycles. The first-order chi connectivity index (χ1) is 13.2. The number of carbonyl (C=O) groups is 1. The van der Waals surface area contributed by atoms with Gasteiger partial charge in [-0.3, -0.25) is 4.68 Å². The Morgan fingerprint density at radius 2 is 2.11 bits per heavy atom. The van der Waals surface area contributed by atoms with Crippen molar-refractivity contribution in [2.24, 2.45) is 0 Å². The molecule has 1 N–H and O–H groups in total. The Morgan fingerprint density at radius 3 is 2.75 bits per heavy atom. The quantitative estimate of drug-likeness (QED) is 0.819. The molecule has 0 aliphatic carbocycles. The summed E-state index contributed by atoms with van der Waals surface area (Å²) in [6, 6.07) is 5.04. The fourth-order valence-corrected chi connectivity index (χ4v) is 5.35. The number of urea groups is 1. The second-order valence-electron chi connectivity index (χ2n) is 7.10. The van der Waals surface area contributed by atoms with Gasteiger partial charge in [0.2, 0.25) is 0 Å². The highest BCUT2D eigenvalue weighted by atomic mass is 32.2. The van der Waals surface area contributed by atoms with Crippen LogP contribution >= 0.6 is 0 Å². The fraction of sp³-hybridized carbons (Fsp3) is 0.412. The van der Waals surface area contributed by atoms with Gasteiger partial charge in [-0.2, -0.15) is 5.10 Å². The molecule has 4 rings (SSSR count). The van der Waals surface area contributed by atoms with Gasteiger partial charge in [-0.05, 0) is 18.2 Å². The van der Waals surface area contributed by atoms with Gasteiger partial charge in [-0.25, -0.2) is 22.0 Å². The van der Waals surface area contributed by atoms with E-state index in [9.17, 15) is 22.0 Å². The SMILES string of the molecule is O=C(Nc1cccc(F)c1)N1CC2(C1)CS(=O)(=O)[C@@H](Cn1cc(F)cn1)CO2. The maximum atomic E-state index is 13.2. The van der Waals surface area contributed by atoms with E-state index >= 15 is 0 Å². The number of anilines is 1. The number of sulfone groups is 1. The molecule has 2 aromatic rings. The van der Waals surface area contributed by atoms with E-state index < -0.39 is 38.4 Å². The van der Waals surface area contributed by atoms with E-state index in [2.05, 4.69) is 10.4 Å². The fourth-order valence-electron chi connectivity index (χ4n) is 3.46. The van der Waals surface area contributed by atoms with Crippen LogP contribution in [-0.4, -0.2) is 65.4 Å². The number of nitrogens with one attached hydrogen (secondary N) is 1. The van der Waals surface area contributed by atoms with Gasteiger partial charge in [-0.15, -0.1) is 0 Å². The summed E-state index contributed by atoms with van der Waals surface area (Å²) >= 11 is 0. The third-order valence-corrected chi connectivity index (χ3v) is 7.09. The molecular formula is C17H18F2N4O4S. The number of halogens is 2. The summed E-state index contributed by atoms with van der Waals surface area (Å²) in [6.07, 6.45) is 2.14. The number of likely N-dealkylation sites (tertiary alicyclic amines) is 1. The van der Waals surface area contributed by atoms with Gasteiger partial charge in [0.25, 0.3) is 0 Å². The molecule has 0 radical (unpaired) electrons. The zero-order chi connectivity index (χ0) is 19.9. The normalized spacial score (nSPS) is 22.6. The zero-order valence-electron chi connectivity index (χ0n) is 14.7. The highest BCUT2D eigenvalue weighted by Gasteiger charge is 2.54. The van der Waals surface area contributed by atoms with Crippen molar-refractivity contribution in [1.82, 2.24) is 14.7 Å². The van der Waals surface area contributed by atoms with Crippen molar-refractivity contribution >= 4 is 21.6 Å². The zero-order valence-corrected chi connectivity index (χ0v) is 15.5. The van der Waals surface area contributed by atoms with Crippen LogP contribution in [0.3, 0.4) is 0 Å². The molecule has 150 valence electrons. The third-order valence-electron chi connectivity index (χ3n) is 4.86. The first-order valence-electron chi connectivity index (χ1n) is 8.60. The van der Waals surface area contributed by atoms with Crippen LogP contribution in [0.15, 0.2) is 36.7 Å². The van der Waals surface area contributed by atoms with Crippen molar-refractivity contribution in [2.45, 2.75) is 17.4 Å². The summed E-state index contributed by atoms with van der Waals surface area (Å²) in [6.45, 7) is 0.197. The Balaban J connectivity index is 1.35. The summed E-state index contributed by atoms with van der Waals surface area (Å²) in [5.41, 5.74) is -0.626. The molecule has 2 amide bonds. The summed E-state index contributed by atoms with van der Waals surface area (Å²) < 4.78 is 58.5. The number of hydrogen-bond donors (Lipinski definition) is 1. The maximum Gasteiger partial charge on any atom is 0.322 e. The highest BCUT2D eigenvalue weighted by Crippen LogP contribution is 2.33. The van der Waals surface area contributed by atoms with E-state index in [1.54, 1.807) is 6.07 Å². The van der Waals surface area contributed by atoms with E-state index in [1.807, 2.05) is 0 Å². The molecule has 0 bridgehead atoms. The average Bonchev–Trinajstić information content (AvgIpc) is 2.99.